The first kappa shape index (κ1) is 20.6. The first-order valence-electron chi connectivity index (χ1n) is 8.75. The monoisotopic (exact) mass is 435 g/mol. The van der Waals surface area contributed by atoms with Crippen molar-refractivity contribution in [2.75, 3.05) is 5.32 Å². The molecule has 2 aromatic heterocycles. The molecule has 0 atom stereocenters. The molecule has 146 valence electrons. The van der Waals surface area contributed by atoms with E-state index in [9.17, 15) is 9.90 Å². The van der Waals surface area contributed by atoms with E-state index in [2.05, 4.69) is 24.1 Å². The molecule has 0 fully saturated rings. The third-order valence-corrected chi connectivity index (χ3v) is 5.90. The summed E-state index contributed by atoms with van der Waals surface area (Å²) in [6, 6.07) is 8.59. The second-order valence-electron chi connectivity index (χ2n) is 6.69. The Hall–Kier alpha value is -2.15. The van der Waals surface area contributed by atoms with Gasteiger partial charge in [-0.25, -0.2) is 14.8 Å². The van der Waals surface area contributed by atoms with Crippen LogP contribution in [0, 0.1) is 5.92 Å². The molecule has 2 heterocycles. The highest BCUT2D eigenvalue weighted by atomic mass is 35.5. The molecule has 0 saturated heterocycles. The molecule has 0 unspecified atom stereocenters. The molecule has 0 amide bonds. The van der Waals surface area contributed by atoms with Gasteiger partial charge < -0.3 is 10.4 Å². The van der Waals surface area contributed by atoms with Crippen LogP contribution in [-0.2, 0) is 6.42 Å². The smallest absolute Gasteiger partial charge is 0.339 e. The second-order valence-corrected chi connectivity index (χ2v) is 8.50. The molecule has 1 aromatic carbocycles. The van der Waals surface area contributed by atoms with Crippen molar-refractivity contribution in [2.45, 2.75) is 26.7 Å². The molecular weight excluding hydrogens is 417 g/mol. The van der Waals surface area contributed by atoms with Gasteiger partial charge in [0.2, 0.25) is 0 Å². The van der Waals surface area contributed by atoms with Crippen LogP contribution < -0.4 is 5.32 Å². The van der Waals surface area contributed by atoms with Crippen LogP contribution >= 0.6 is 34.5 Å². The number of rotatable bonds is 7. The van der Waals surface area contributed by atoms with Gasteiger partial charge in [-0.05, 0) is 48.6 Å². The maximum Gasteiger partial charge on any atom is 0.339 e. The average molecular weight is 436 g/mol. The highest BCUT2D eigenvalue weighted by Gasteiger charge is 2.17. The molecule has 0 aliphatic rings. The number of carboxylic acid groups (broad SMARTS) is 1. The summed E-state index contributed by atoms with van der Waals surface area (Å²) in [7, 11) is 0. The normalized spacial score (nSPS) is 11.0. The van der Waals surface area contributed by atoms with Crippen LogP contribution in [0.5, 0.6) is 0 Å². The molecule has 8 heteroatoms. The van der Waals surface area contributed by atoms with Crippen LogP contribution in [0.3, 0.4) is 0 Å². The number of carboxylic acids is 1. The van der Waals surface area contributed by atoms with Crippen LogP contribution in [0.25, 0.3) is 10.4 Å². The molecule has 3 rings (SSSR count). The number of carbonyl (C=O) groups is 1. The van der Waals surface area contributed by atoms with Gasteiger partial charge in [0.15, 0.2) is 5.13 Å². The largest absolute Gasteiger partial charge is 0.478 e. The topological polar surface area (TPSA) is 75.1 Å². The number of pyridine rings is 1. The summed E-state index contributed by atoms with van der Waals surface area (Å²) in [4.78, 5) is 21.3. The van der Waals surface area contributed by atoms with Crippen molar-refractivity contribution in [1.82, 2.24) is 9.97 Å². The lowest BCUT2D eigenvalue weighted by molar-refractivity contribution is 0.0697. The van der Waals surface area contributed by atoms with Crippen molar-refractivity contribution in [1.29, 1.82) is 0 Å². The summed E-state index contributed by atoms with van der Waals surface area (Å²) in [5.41, 5.74) is 1.96. The zero-order valence-electron chi connectivity index (χ0n) is 15.4. The lowest BCUT2D eigenvalue weighted by atomic mass is 10.0. The molecule has 0 saturated carbocycles. The summed E-state index contributed by atoms with van der Waals surface area (Å²) in [6.07, 6.45) is 3.34. The Morgan fingerprint density at radius 2 is 2.04 bits per heavy atom. The van der Waals surface area contributed by atoms with Gasteiger partial charge >= 0.3 is 5.97 Å². The van der Waals surface area contributed by atoms with Crippen LogP contribution in [0.2, 0.25) is 10.0 Å². The Kier molecular flexibility index (Phi) is 6.54. The van der Waals surface area contributed by atoms with Crippen LogP contribution in [-0.4, -0.2) is 21.0 Å². The SMILES string of the molecule is CC(C)CCc1nc(Nc2ncccc2C(=O)O)sc1-c1ccc(Cl)c(Cl)c1. The van der Waals surface area contributed by atoms with E-state index in [1.165, 1.54) is 17.4 Å². The number of anilines is 2. The van der Waals surface area contributed by atoms with Crippen molar-refractivity contribution < 1.29 is 9.90 Å². The van der Waals surface area contributed by atoms with E-state index in [1.807, 2.05) is 12.1 Å². The summed E-state index contributed by atoms with van der Waals surface area (Å²) < 4.78 is 0. The summed E-state index contributed by atoms with van der Waals surface area (Å²) >= 11 is 13.7. The Labute approximate surface area is 177 Å². The number of halogens is 2. The highest BCUT2D eigenvalue weighted by molar-refractivity contribution is 7.19. The third kappa shape index (κ3) is 4.82. The predicted octanol–water partition coefficient (Wildman–Crippen LogP) is 6.54. The fourth-order valence-electron chi connectivity index (χ4n) is 2.64. The lowest BCUT2D eigenvalue weighted by Crippen LogP contribution is -2.04. The van der Waals surface area contributed by atoms with Crippen LogP contribution in [0.15, 0.2) is 36.5 Å². The number of benzene rings is 1. The van der Waals surface area contributed by atoms with Gasteiger partial charge in [-0.1, -0.05) is 54.5 Å². The number of aromatic carboxylic acids is 1. The van der Waals surface area contributed by atoms with Crippen molar-refractivity contribution in [2.24, 2.45) is 5.92 Å². The van der Waals surface area contributed by atoms with E-state index in [4.69, 9.17) is 28.2 Å². The Morgan fingerprint density at radius 1 is 1.25 bits per heavy atom. The maximum atomic E-state index is 11.4. The Morgan fingerprint density at radius 3 is 2.71 bits per heavy atom. The van der Waals surface area contributed by atoms with Crippen LogP contribution in [0.4, 0.5) is 10.9 Å². The standard InChI is InChI=1S/C20H19Cl2N3O2S/c1-11(2)5-8-16-17(12-6-7-14(21)15(22)10-12)28-20(24-16)25-18-13(19(26)27)4-3-9-23-18/h3-4,6-7,9-11H,5,8H2,1-2H3,(H,26,27)(H,23,24,25). The van der Waals surface area contributed by atoms with Gasteiger partial charge in [-0.3, -0.25) is 0 Å². The Bertz CT molecular complexity index is 1000. The number of nitrogens with one attached hydrogen (secondary N) is 1. The summed E-state index contributed by atoms with van der Waals surface area (Å²) in [5, 5.41) is 14.0. The molecule has 5 nitrogen and oxygen atoms in total. The fraction of sp³-hybridized carbons (Fsp3) is 0.250. The molecular formula is C20H19Cl2N3O2S. The van der Waals surface area contributed by atoms with Crippen molar-refractivity contribution >= 4 is 51.5 Å². The number of hydrogen-bond acceptors (Lipinski definition) is 5. The van der Waals surface area contributed by atoms with E-state index in [0.717, 1.165) is 29.0 Å². The molecule has 0 bridgehead atoms. The van der Waals surface area contributed by atoms with Gasteiger partial charge in [-0.2, -0.15) is 0 Å². The molecule has 0 spiro atoms. The first-order valence-corrected chi connectivity index (χ1v) is 10.3. The van der Waals surface area contributed by atoms with Crippen LogP contribution in [0.1, 0.15) is 36.3 Å². The highest BCUT2D eigenvalue weighted by Crippen LogP contribution is 2.38. The van der Waals surface area contributed by atoms with E-state index in [1.54, 1.807) is 18.3 Å². The van der Waals surface area contributed by atoms with Crippen molar-refractivity contribution in [3.63, 3.8) is 0 Å². The minimum atomic E-state index is -1.04. The number of thiazole rings is 1. The molecule has 2 N–H and O–H groups in total. The summed E-state index contributed by atoms with van der Waals surface area (Å²) in [5.74, 6) is -0.245. The molecule has 0 radical (unpaired) electrons. The fourth-order valence-corrected chi connectivity index (χ4v) is 3.95. The van der Waals surface area contributed by atoms with Crippen molar-refractivity contribution in [3.05, 3.63) is 57.8 Å². The lowest BCUT2D eigenvalue weighted by Gasteiger charge is -2.06. The first-order chi connectivity index (χ1) is 13.3. The maximum absolute atomic E-state index is 11.4. The van der Waals surface area contributed by atoms with E-state index in [0.29, 0.717) is 21.1 Å². The third-order valence-electron chi connectivity index (χ3n) is 4.10. The second kappa shape index (κ2) is 8.90. The zero-order valence-corrected chi connectivity index (χ0v) is 17.7. The minimum absolute atomic E-state index is 0.0949. The average Bonchev–Trinajstić information content (AvgIpc) is 3.05. The van der Waals surface area contributed by atoms with Gasteiger partial charge in [0.1, 0.15) is 11.4 Å². The molecule has 28 heavy (non-hydrogen) atoms. The quantitative estimate of drug-likeness (QED) is 0.440. The number of nitrogens with zero attached hydrogens (tertiary/aromatic N) is 2. The van der Waals surface area contributed by atoms with Crippen molar-refractivity contribution in [3.8, 4) is 10.4 Å². The van der Waals surface area contributed by atoms with E-state index in [-0.39, 0.29) is 11.4 Å². The number of aryl methyl sites for hydroxylation is 1. The van der Waals surface area contributed by atoms with Gasteiger partial charge in [0.25, 0.3) is 0 Å². The number of hydrogen-bond donors (Lipinski definition) is 2. The molecule has 3 aromatic rings. The summed E-state index contributed by atoms with van der Waals surface area (Å²) in [6.45, 7) is 4.33. The van der Waals surface area contributed by atoms with Gasteiger partial charge in [0.05, 0.1) is 20.6 Å². The zero-order chi connectivity index (χ0) is 20.3. The van der Waals surface area contributed by atoms with Gasteiger partial charge in [0, 0.05) is 6.20 Å². The molecule has 0 aliphatic heterocycles. The predicted molar refractivity (Wildman–Crippen MR) is 115 cm³/mol. The molecule has 0 aliphatic carbocycles. The Balaban J connectivity index is 1.99. The van der Waals surface area contributed by atoms with E-state index >= 15 is 0 Å². The van der Waals surface area contributed by atoms with Gasteiger partial charge in [-0.15, -0.1) is 0 Å². The minimum Gasteiger partial charge on any atom is -0.478 e. The van der Waals surface area contributed by atoms with E-state index < -0.39 is 5.97 Å². The number of aromatic nitrogens is 2.